The zero-order valence-corrected chi connectivity index (χ0v) is 11.9. The standard InChI is InChI=1S/C12H15FN2O5S/c13-10-2-1-9(15(17)18)7-11(10)21(19,20)14-8-12(3-4-12)5-6-16/h1-2,7,14,16H,3-6,8H2. The van der Waals surface area contributed by atoms with Crippen LogP contribution in [0.1, 0.15) is 19.3 Å². The lowest BCUT2D eigenvalue weighted by molar-refractivity contribution is -0.385. The molecular weight excluding hydrogens is 303 g/mol. The number of nitro groups is 1. The maximum Gasteiger partial charge on any atom is 0.270 e. The van der Waals surface area contributed by atoms with Crippen molar-refractivity contribution in [3.05, 3.63) is 34.1 Å². The number of nitro benzene ring substituents is 1. The van der Waals surface area contributed by atoms with Gasteiger partial charge in [0.15, 0.2) is 0 Å². The Bertz CT molecular complexity index is 658. The molecule has 0 aliphatic heterocycles. The van der Waals surface area contributed by atoms with Crippen molar-refractivity contribution < 1.29 is 22.8 Å². The summed E-state index contributed by atoms with van der Waals surface area (Å²) in [7, 11) is -4.17. The van der Waals surface area contributed by atoms with E-state index < -0.39 is 31.3 Å². The van der Waals surface area contributed by atoms with Crippen molar-refractivity contribution >= 4 is 15.7 Å². The molecule has 1 aromatic carbocycles. The molecule has 1 fully saturated rings. The lowest BCUT2D eigenvalue weighted by Gasteiger charge is -2.15. The number of hydrogen-bond acceptors (Lipinski definition) is 5. The van der Waals surface area contributed by atoms with E-state index in [1.807, 2.05) is 0 Å². The van der Waals surface area contributed by atoms with Crippen molar-refractivity contribution in [3.8, 4) is 0 Å². The lowest BCUT2D eigenvalue weighted by atomic mass is 10.0. The van der Waals surface area contributed by atoms with Crippen molar-refractivity contribution in [1.29, 1.82) is 0 Å². The summed E-state index contributed by atoms with van der Waals surface area (Å²) in [6.07, 6.45) is 2.04. The molecule has 1 aliphatic carbocycles. The van der Waals surface area contributed by atoms with Gasteiger partial charge in [0.1, 0.15) is 10.7 Å². The highest BCUT2D eigenvalue weighted by Gasteiger charge is 2.42. The molecule has 0 spiro atoms. The number of benzene rings is 1. The topological polar surface area (TPSA) is 110 Å². The second kappa shape index (κ2) is 5.66. The van der Waals surface area contributed by atoms with Gasteiger partial charge in [0, 0.05) is 25.3 Å². The Kier molecular flexibility index (Phi) is 4.26. The molecule has 2 N–H and O–H groups in total. The Morgan fingerprint density at radius 3 is 2.62 bits per heavy atom. The van der Waals surface area contributed by atoms with Crippen LogP contribution in [0.25, 0.3) is 0 Å². The van der Waals surface area contributed by atoms with E-state index in [0.717, 1.165) is 25.0 Å². The summed E-state index contributed by atoms with van der Waals surface area (Å²) >= 11 is 0. The van der Waals surface area contributed by atoms with E-state index in [1.54, 1.807) is 0 Å². The smallest absolute Gasteiger partial charge is 0.270 e. The van der Waals surface area contributed by atoms with Crippen LogP contribution >= 0.6 is 0 Å². The minimum atomic E-state index is -4.17. The first-order valence-electron chi connectivity index (χ1n) is 6.34. The van der Waals surface area contributed by atoms with E-state index in [1.165, 1.54) is 0 Å². The van der Waals surface area contributed by atoms with E-state index in [-0.39, 0.29) is 18.6 Å². The molecule has 7 nitrogen and oxygen atoms in total. The van der Waals surface area contributed by atoms with Crippen LogP contribution in [0.4, 0.5) is 10.1 Å². The van der Waals surface area contributed by atoms with E-state index in [2.05, 4.69) is 4.72 Å². The van der Waals surface area contributed by atoms with Crippen LogP contribution in [0.2, 0.25) is 0 Å². The van der Waals surface area contributed by atoms with Gasteiger partial charge in [-0.1, -0.05) is 0 Å². The summed E-state index contributed by atoms with van der Waals surface area (Å²) in [4.78, 5) is 9.12. The summed E-state index contributed by atoms with van der Waals surface area (Å²) < 4.78 is 40.0. The first kappa shape index (κ1) is 15.8. The molecule has 1 saturated carbocycles. The molecule has 0 unspecified atom stereocenters. The Hall–Kier alpha value is -1.58. The van der Waals surface area contributed by atoms with Crippen LogP contribution in [0.5, 0.6) is 0 Å². The van der Waals surface area contributed by atoms with Gasteiger partial charge in [-0.15, -0.1) is 0 Å². The molecular formula is C12H15FN2O5S. The van der Waals surface area contributed by atoms with E-state index >= 15 is 0 Å². The van der Waals surface area contributed by atoms with Gasteiger partial charge >= 0.3 is 0 Å². The monoisotopic (exact) mass is 318 g/mol. The lowest BCUT2D eigenvalue weighted by Crippen LogP contribution is -2.31. The molecule has 0 atom stereocenters. The zero-order valence-electron chi connectivity index (χ0n) is 11.1. The van der Waals surface area contributed by atoms with Crippen LogP contribution < -0.4 is 4.72 Å². The maximum atomic E-state index is 13.6. The molecule has 9 heteroatoms. The van der Waals surface area contributed by atoms with Crippen LogP contribution in [0.15, 0.2) is 23.1 Å². The van der Waals surface area contributed by atoms with Crippen molar-refractivity contribution in [2.45, 2.75) is 24.2 Å². The van der Waals surface area contributed by atoms with Crippen LogP contribution in [-0.2, 0) is 10.0 Å². The fraction of sp³-hybridized carbons (Fsp3) is 0.500. The van der Waals surface area contributed by atoms with Gasteiger partial charge in [-0.05, 0) is 30.7 Å². The largest absolute Gasteiger partial charge is 0.396 e. The molecule has 0 saturated heterocycles. The van der Waals surface area contributed by atoms with E-state index in [0.29, 0.717) is 12.5 Å². The molecule has 0 aromatic heterocycles. The van der Waals surface area contributed by atoms with Gasteiger partial charge in [0.2, 0.25) is 10.0 Å². The molecule has 1 aliphatic rings. The molecule has 0 radical (unpaired) electrons. The van der Waals surface area contributed by atoms with Crippen molar-refractivity contribution in [2.24, 2.45) is 5.41 Å². The second-order valence-corrected chi connectivity index (χ2v) is 6.91. The predicted octanol–water partition coefficient (Wildman–Crippen LogP) is 1.17. The number of halogens is 1. The summed E-state index contributed by atoms with van der Waals surface area (Å²) in [5.74, 6) is -1.04. The average Bonchev–Trinajstić information content (AvgIpc) is 3.17. The Morgan fingerprint density at radius 1 is 1.43 bits per heavy atom. The minimum Gasteiger partial charge on any atom is -0.396 e. The van der Waals surface area contributed by atoms with Gasteiger partial charge in [-0.25, -0.2) is 17.5 Å². The molecule has 116 valence electrons. The summed E-state index contributed by atoms with van der Waals surface area (Å²) in [6, 6.07) is 2.36. The number of aliphatic hydroxyl groups excluding tert-OH is 1. The number of non-ortho nitro benzene ring substituents is 1. The summed E-state index contributed by atoms with van der Waals surface area (Å²) in [5, 5.41) is 19.6. The maximum absolute atomic E-state index is 13.6. The van der Waals surface area contributed by atoms with Gasteiger partial charge in [-0.3, -0.25) is 10.1 Å². The second-order valence-electron chi connectivity index (χ2n) is 5.17. The third-order valence-electron chi connectivity index (χ3n) is 3.65. The van der Waals surface area contributed by atoms with E-state index in [4.69, 9.17) is 5.11 Å². The third kappa shape index (κ3) is 3.55. The van der Waals surface area contributed by atoms with Gasteiger partial charge in [0.25, 0.3) is 5.69 Å². The fourth-order valence-electron chi connectivity index (χ4n) is 2.07. The summed E-state index contributed by atoms with van der Waals surface area (Å²) in [5.41, 5.74) is -0.771. The summed E-state index contributed by atoms with van der Waals surface area (Å²) in [6.45, 7) is 0.0327. The number of hydrogen-bond donors (Lipinski definition) is 2. The highest BCUT2D eigenvalue weighted by molar-refractivity contribution is 7.89. The third-order valence-corrected chi connectivity index (χ3v) is 5.07. The molecule has 0 amide bonds. The Labute approximate surface area is 121 Å². The quantitative estimate of drug-likeness (QED) is 0.579. The SMILES string of the molecule is O=[N+]([O-])c1ccc(F)c(S(=O)(=O)NCC2(CCO)CC2)c1. The molecule has 21 heavy (non-hydrogen) atoms. The number of aliphatic hydroxyl groups is 1. The van der Waals surface area contributed by atoms with Crippen LogP contribution in [-0.4, -0.2) is 31.6 Å². The van der Waals surface area contributed by atoms with E-state index in [9.17, 15) is 22.9 Å². The average molecular weight is 318 g/mol. The minimum absolute atomic E-state index is 0.0487. The van der Waals surface area contributed by atoms with Crippen molar-refractivity contribution in [3.63, 3.8) is 0 Å². The highest BCUT2D eigenvalue weighted by Crippen LogP contribution is 2.48. The van der Waals surface area contributed by atoms with Crippen molar-refractivity contribution in [1.82, 2.24) is 4.72 Å². The van der Waals surface area contributed by atoms with Crippen molar-refractivity contribution in [2.75, 3.05) is 13.2 Å². The Morgan fingerprint density at radius 2 is 2.10 bits per heavy atom. The zero-order chi connectivity index (χ0) is 15.7. The normalized spacial score (nSPS) is 16.7. The number of nitrogens with one attached hydrogen (secondary N) is 1. The Balaban J connectivity index is 2.19. The first-order valence-corrected chi connectivity index (χ1v) is 7.82. The molecule has 0 heterocycles. The van der Waals surface area contributed by atoms with Gasteiger partial charge < -0.3 is 5.11 Å². The molecule has 1 aromatic rings. The first-order chi connectivity index (χ1) is 9.80. The fourth-order valence-corrected chi connectivity index (χ4v) is 3.32. The van der Waals surface area contributed by atoms with Gasteiger partial charge in [0.05, 0.1) is 4.92 Å². The molecule has 2 rings (SSSR count). The van der Waals surface area contributed by atoms with Gasteiger partial charge in [-0.2, -0.15) is 0 Å². The van der Waals surface area contributed by atoms with Crippen LogP contribution in [0, 0.1) is 21.3 Å². The number of nitrogens with zero attached hydrogens (tertiary/aromatic N) is 1. The predicted molar refractivity (Wildman–Crippen MR) is 71.6 cm³/mol. The van der Waals surface area contributed by atoms with Crippen LogP contribution in [0.3, 0.4) is 0 Å². The number of sulfonamides is 1. The molecule has 0 bridgehead atoms. The number of rotatable bonds is 7. The highest BCUT2D eigenvalue weighted by atomic mass is 32.2.